The van der Waals surface area contributed by atoms with Gasteiger partial charge in [0.05, 0.1) is 15.5 Å². The van der Waals surface area contributed by atoms with Crippen molar-refractivity contribution >= 4 is 31.8 Å². The molecule has 2 aromatic carbocycles. The molecular weight excluding hydrogens is 490 g/mol. The number of amides is 1. The van der Waals surface area contributed by atoms with Gasteiger partial charge in [-0.25, -0.2) is 25.9 Å². The highest BCUT2D eigenvalue weighted by molar-refractivity contribution is 7.92. The average molecular weight is 524 g/mol. The highest BCUT2D eigenvalue weighted by Gasteiger charge is 2.29. The molecule has 1 amide bonds. The van der Waals surface area contributed by atoms with Gasteiger partial charge in [0.2, 0.25) is 10.0 Å². The number of piperidine rings is 1. The molecule has 1 fully saturated rings. The number of hydrogen-bond donors (Lipinski definition) is 1. The Morgan fingerprint density at radius 1 is 0.943 bits per heavy atom. The Bertz CT molecular complexity index is 1260. The van der Waals surface area contributed by atoms with Crippen LogP contribution in [0.3, 0.4) is 0 Å². The number of para-hydroxylation sites is 1. The maximum atomic E-state index is 13.1. The Morgan fingerprint density at radius 2 is 1.49 bits per heavy atom. The second-order valence-electron chi connectivity index (χ2n) is 9.69. The van der Waals surface area contributed by atoms with Gasteiger partial charge in [-0.15, -0.1) is 0 Å². The van der Waals surface area contributed by atoms with Crippen molar-refractivity contribution in [3.63, 3.8) is 0 Å². The van der Waals surface area contributed by atoms with Crippen LogP contribution in [0.25, 0.3) is 0 Å². The number of carbonyl (C=O) groups excluding carboxylic acids is 1. The van der Waals surface area contributed by atoms with Crippen molar-refractivity contribution in [1.82, 2.24) is 9.21 Å². The predicted molar refractivity (Wildman–Crippen MR) is 134 cm³/mol. The Kier molecular flexibility index (Phi) is 7.83. The summed E-state index contributed by atoms with van der Waals surface area (Å²) in [4.78, 5) is 14.0. The van der Waals surface area contributed by atoms with Crippen LogP contribution in [0, 0.1) is 0 Å². The van der Waals surface area contributed by atoms with Gasteiger partial charge >= 0.3 is 6.09 Å². The minimum absolute atomic E-state index is 0.0126. The molecule has 0 bridgehead atoms. The summed E-state index contributed by atoms with van der Waals surface area (Å²) in [6, 6.07) is 12.3. The number of sulfonamides is 2. The molecule has 3 rings (SSSR count). The monoisotopic (exact) mass is 523 g/mol. The number of nitrogens with one attached hydrogen (secondary N) is 1. The van der Waals surface area contributed by atoms with Crippen LogP contribution in [0.5, 0.6) is 0 Å². The molecular formula is C24H33N3O6S2. The van der Waals surface area contributed by atoms with Gasteiger partial charge in [-0.1, -0.05) is 18.2 Å². The lowest BCUT2D eigenvalue weighted by Gasteiger charge is -2.34. The molecule has 0 radical (unpaired) electrons. The second-order valence-corrected chi connectivity index (χ2v) is 13.5. The van der Waals surface area contributed by atoms with E-state index < -0.39 is 25.6 Å². The molecule has 0 spiro atoms. The van der Waals surface area contributed by atoms with E-state index in [0.717, 1.165) is 9.87 Å². The summed E-state index contributed by atoms with van der Waals surface area (Å²) < 4.78 is 59.8. The number of anilines is 1. The van der Waals surface area contributed by atoms with Crippen molar-refractivity contribution in [2.24, 2.45) is 0 Å². The Morgan fingerprint density at radius 3 is 2.03 bits per heavy atom. The lowest BCUT2D eigenvalue weighted by atomic mass is 9.88. The van der Waals surface area contributed by atoms with E-state index in [9.17, 15) is 21.6 Å². The van der Waals surface area contributed by atoms with Crippen LogP contribution in [0.2, 0.25) is 0 Å². The fourth-order valence-corrected chi connectivity index (χ4v) is 5.84. The van der Waals surface area contributed by atoms with Gasteiger partial charge in [0.25, 0.3) is 10.0 Å². The molecule has 1 saturated heterocycles. The summed E-state index contributed by atoms with van der Waals surface area (Å²) >= 11 is 0. The number of ether oxygens (including phenoxy) is 1. The average Bonchev–Trinajstić information content (AvgIpc) is 2.78. The van der Waals surface area contributed by atoms with E-state index in [1.54, 1.807) is 17.0 Å². The zero-order valence-electron chi connectivity index (χ0n) is 20.7. The summed E-state index contributed by atoms with van der Waals surface area (Å²) in [7, 11) is -4.78. The van der Waals surface area contributed by atoms with E-state index in [2.05, 4.69) is 4.72 Å². The number of hydrogen-bond acceptors (Lipinski definition) is 6. The van der Waals surface area contributed by atoms with Crippen LogP contribution in [-0.2, 0) is 24.8 Å². The summed E-state index contributed by atoms with van der Waals surface area (Å²) in [5, 5.41) is 0. The van der Waals surface area contributed by atoms with Crippen LogP contribution in [-0.4, -0.2) is 64.9 Å². The molecule has 11 heteroatoms. The summed E-state index contributed by atoms with van der Waals surface area (Å²) in [6.07, 6.45) is 1.01. The number of likely N-dealkylation sites (tertiary alicyclic amines) is 1. The first-order valence-electron chi connectivity index (χ1n) is 11.3. The molecule has 1 N–H and O–H groups in total. The first-order valence-corrected chi connectivity index (χ1v) is 14.3. The third-order valence-electron chi connectivity index (χ3n) is 5.70. The molecule has 0 atom stereocenters. The fraction of sp³-hybridized carbons (Fsp3) is 0.458. The van der Waals surface area contributed by atoms with E-state index in [0.29, 0.717) is 31.6 Å². The number of benzene rings is 2. The number of nitrogens with zero attached hydrogens (tertiary/aromatic N) is 2. The topological polar surface area (TPSA) is 113 Å². The summed E-state index contributed by atoms with van der Waals surface area (Å²) in [5.74, 6) is 0.0696. The van der Waals surface area contributed by atoms with Gasteiger partial charge in [0, 0.05) is 27.2 Å². The minimum atomic E-state index is -3.94. The van der Waals surface area contributed by atoms with Crippen molar-refractivity contribution in [3.8, 4) is 0 Å². The molecule has 35 heavy (non-hydrogen) atoms. The van der Waals surface area contributed by atoms with E-state index >= 15 is 0 Å². The molecule has 1 aliphatic heterocycles. The highest BCUT2D eigenvalue weighted by Crippen LogP contribution is 2.34. The van der Waals surface area contributed by atoms with Crippen molar-refractivity contribution in [3.05, 3.63) is 54.1 Å². The predicted octanol–water partition coefficient (Wildman–Crippen LogP) is 3.85. The molecule has 0 saturated carbocycles. The van der Waals surface area contributed by atoms with Crippen LogP contribution in [0.1, 0.15) is 45.1 Å². The second kappa shape index (κ2) is 10.2. The number of carbonyl (C=O) groups is 1. The van der Waals surface area contributed by atoms with E-state index in [4.69, 9.17) is 4.74 Å². The zero-order chi connectivity index (χ0) is 26.0. The maximum absolute atomic E-state index is 13.1. The largest absolute Gasteiger partial charge is 0.444 e. The Balaban J connectivity index is 1.75. The molecule has 9 nitrogen and oxygen atoms in total. The first-order chi connectivity index (χ1) is 16.2. The van der Waals surface area contributed by atoms with Gasteiger partial charge in [-0.05, 0) is 75.4 Å². The molecule has 2 aromatic rings. The smallest absolute Gasteiger partial charge is 0.410 e. The first kappa shape index (κ1) is 27.0. The Hall–Kier alpha value is -2.63. The lowest BCUT2D eigenvalue weighted by Crippen LogP contribution is -2.41. The van der Waals surface area contributed by atoms with Gasteiger partial charge < -0.3 is 9.64 Å². The third-order valence-corrected chi connectivity index (χ3v) is 8.91. The fourth-order valence-electron chi connectivity index (χ4n) is 3.85. The zero-order valence-corrected chi connectivity index (χ0v) is 22.3. The van der Waals surface area contributed by atoms with Crippen molar-refractivity contribution < 1.29 is 26.4 Å². The van der Waals surface area contributed by atoms with Crippen molar-refractivity contribution in [2.75, 3.05) is 31.9 Å². The molecule has 0 unspecified atom stereocenters. The van der Waals surface area contributed by atoms with Crippen LogP contribution in [0.15, 0.2) is 58.3 Å². The van der Waals surface area contributed by atoms with Crippen LogP contribution < -0.4 is 4.72 Å². The Labute approximate surface area is 208 Å². The van der Waals surface area contributed by atoms with E-state index in [1.807, 2.05) is 32.9 Å². The molecule has 192 valence electrons. The quantitative estimate of drug-likeness (QED) is 0.615. The molecule has 0 aromatic heterocycles. The van der Waals surface area contributed by atoms with Gasteiger partial charge in [0.1, 0.15) is 5.60 Å². The van der Waals surface area contributed by atoms with Gasteiger partial charge in [-0.3, -0.25) is 4.72 Å². The molecule has 1 heterocycles. The highest BCUT2D eigenvalue weighted by atomic mass is 32.2. The number of rotatable bonds is 6. The summed E-state index contributed by atoms with van der Waals surface area (Å²) in [6.45, 7) is 6.52. The SMILES string of the molecule is CN(C)S(=O)(=O)c1ccc(S(=O)(=O)Nc2ccccc2C2CCN(C(=O)OC(C)(C)C)CC2)cc1. The maximum Gasteiger partial charge on any atom is 0.410 e. The van der Waals surface area contributed by atoms with E-state index in [1.165, 1.54) is 38.4 Å². The lowest BCUT2D eigenvalue weighted by molar-refractivity contribution is 0.0205. The van der Waals surface area contributed by atoms with Gasteiger partial charge in [-0.2, -0.15) is 0 Å². The van der Waals surface area contributed by atoms with Crippen molar-refractivity contribution in [2.45, 2.75) is 54.9 Å². The minimum Gasteiger partial charge on any atom is -0.444 e. The molecule has 1 aliphatic rings. The molecule has 0 aliphatic carbocycles. The van der Waals surface area contributed by atoms with Crippen LogP contribution >= 0.6 is 0 Å². The van der Waals surface area contributed by atoms with Crippen LogP contribution in [0.4, 0.5) is 10.5 Å². The normalized spacial score (nSPS) is 15.8. The standard InChI is InChI=1S/C24H33N3O6S2/c1-24(2,3)33-23(28)27-16-14-18(15-17-27)21-8-6-7-9-22(21)25-34(29,30)19-10-12-20(13-11-19)35(31,32)26(4)5/h6-13,18,25H,14-17H2,1-5H3. The van der Waals surface area contributed by atoms with Crippen molar-refractivity contribution in [1.29, 1.82) is 0 Å². The van der Waals surface area contributed by atoms with E-state index in [-0.39, 0.29) is 21.8 Å². The summed E-state index contributed by atoms with van der Waals surface area (Å²) in [5.41, 5.74) is 0.758. The third kappa shape index (κ3) is 6.53. The van der Waals surface area contributed by atoms with Gasteiger partial charge in [0.15, 0.2) is 0 Å².